The number of pyridine rings is 1. The Hall–Kier alpha value is -3.21. The summed E-state index contributed by atoms with van der Waals surface area (Å²) in [5.74, 6) is 0.952. The van der Waals surface area contributed by atoms with Crippen molar-refractivity contribution in [3.8, 4) is 0 Å². The van der Waals surface area contributed by atoms with Crippen molar-refractivity contribution in [3.05, 3.63) is 77.8 Å². The highest BCUT2D eigenvalue weighted by Gasteiger charge is 2.10. The van der Waals surface area contributed by atoms with Gasteiger partial charge in [0.1, 0.15) is 5.82 Å². The average Bonchev–Trinajstić information content (AvgIpc) is 2.57. The summed E-state index contributed by atoms with van der Waals surface area (Å²) >= 11 is 0. The fourth-order valence-electron chi connectivity index (χ4n) is 2.47. The number of nitrogens with two attached hydrogens (primary N) is 1. The van der Waals surface area contributed by atoms with Gasteiger partial charge in [-0.05, 0) is 43.7 Å². The monoisotopic (exact) mass is 317 g/mol. The predicted octanol–water partition coefficient (Wildman–Crippen LogP) is 3.88. The molecule has 0 atom stereocenters. The first kappa shape index (κ1) is 15.7. The third kappa shape index (κ3) is 3.25. The molecule has 24 heavy (non-hydrogen) atoms. The predicted molar refractivity (Wildman–Crippen MR) is 98.0 cm³/mol. The van der Waals surface area contributed by atoms with Gasteiger partial charge in [0.05, 0.1) is 5.69 Å². The lowest BCUT2D eigenvalue weighted by Crippen LogP contribution is -2.02. The van der Waals surface area contributed by atoms with Crippen LogP contribution in [0.15, 0.2) is 55.4 Å². The molecule has 0 aliphatic rings. The SMILES string of the molecule is C=C(c1ccnc(Nc2ccc(C)cc2C)n1)c1cccnc1N. The van der Waals surface area contributed by atoms with Crippen molar-refractivity contribution in [2.24, 2.45) is 0 Å². The molecule has 3 aromatic rings. The number of hydrogen-bond acceptors (Lipinski definition) is 5. The fraction of sp³-hybridized carbons (Fsp3) is 0.105. The van der Waals surface area contributed by atoms with E-state index in [1.807, 2.05) is 24.3 Å². The van der Waals surface area contributed by atoms with Crippen LogP contribution in [0.1, 0.15) is 22.4 Å². The number of nitrogen functional groups attached to an aromatic ring is 1. The summed E-state index contributed by atoms with van der Waals surface area (Å²) in [5.41, 5.74) is 11.4. The quantitative estimate of drug-likeness (QED) is 0.763. The van der Waals surface area contributed by atoms with Crippen molar-refractivity contribution < 1.29 is 0 Å². The van der Waals surface area contributed by atoms with Crippen LogP contribution in [0.25, 0.3) is 5.57 Å². The first-order valence-corrected chi connectivity index (χ1v) is 7.62. The van der Waals surface area contributed by atoms with E-state index in [0.717, 1.165) is 16.8 Å². The van der Waals surface area contributed by atoms with Crippen LogP contribution in [0.5, 0.6) is 0 Å². The largest absolute Gasteiger partial charge is 0.383 e. The van der Waals surface area contributed by atoms with Crippen molar-refractivity contribution in [1.29, 1.82) is 0 Å². The molecular formula is C19H19N5. The minimum atomic E-state index is 0.435. The number of aromatic nitrogens is 3. The lowest BCUT2D eigenvalue weighted by atomic mass is 10.1. The van der Waals surface area contributed by atoms with Gasteiger partial charge in [-0.1, -0.05) is 24.3 Å². The summed E-state index contributed by atoms with van der Waals surface area (Å²) in [4.78, 5) is 12.9. The van der Waals surface area contributed by atoms with Crippen LogP contribution in [0.4, 0.5) is 17.5 Å². The van der Waals surface area contributed by atoms with Gasteiger partial charge in [-0.3, -0.25) is 0 Å². The molecule has 2 heterocycles. The molecule has 0 bridgehead atoms. The zero-order chi connectivity index (χ0) is 17.1. The molecule has 5 nitrogen and oxygen atoms in total. The van der Waals surface area contributed by atoms with E-state index in [1.165, 1.54) is 5.56 Å². The summed E-state index contributed by atoms with van der Waals surface area (Å²) < 4.78 is 0. The van der Waals surface area contributed by atoms with Gasteiger partial charge in [0.25, 0.3) is 0 Å². The molecular weight excluding hydrogens is 298 g/mol. The van der Waals surface area contributed by atoms with E-state index in [0.29, 0.717) is 23.0 Å². The molecule has 0 saturated carbocycles. The Morgan fingerprint density at radius 3 is 2.67 bits per heavy atom. The molecule has 0 unspecified atom stereocenters. The molecule has 0 radical (unpaired) electrons. The second-order valence-electron chi connectivity index (χ2n) is 5.62. The average molecular weight is 317 g/mol. The minimum absolute atomic E-state index is 0.435. The van der Waals surface area contributed by atoms with Crippen LogP contribution < -0.4 is 11.1 Å². The number of hydrogen-bond donors (Lipinski definition) is 2. The third-order valence-electron chi connectivity index (χ3n) is 3.76. The molecule has 3 rings (SSSR count). The molecule has 0 spiro atoms. The minimum Gasteiger partial charge on any atom is -0.383 e. The van der Waals surface area contributed by atoms with Crippen molar-refractivity contribution in [3.63, 3.8) is 0 Å². The molecule has 1 aromatic carbocycles. The number of rotatable bonds is 4. The summed E-state index contributed by atoms with van der Waals surface area (Å²) in [6.07, 6.45) is 3.35. The summed E-state index contributed by atoms with van der Waals surface area (Å²) in [6, 6.07) is 11.7. The van der Waals surface area contributed by atoms with Crippen LogP contribution in [-0.2, 0) is 0 Å². The van der Waals surface area contributed by atoms with E-state index in [2.05, 4.69) is 52.8 Å². The van der Waals surface area contributed by atoms with E-state index in [9.17, 15) is 0 Å². The second kappa shape index (κ2) is 6.50. The standard InChI is InChI=1S/C19H19N5/c1-12-6-7-16(13(2)11-12)23-19-22-10-8-17(24-19)14(3)15-5-4-9-21-18(15)20/h4-11H,3H2,1-2H3,(H2,20,21)(H,22,23,24). The maximum Gasteiger partial charge on any atom is 0.227 e. The lowest BCUT2D eigenvalue weighted by Gasteiger charge is -2.11. The summed E-state index contributed by atoms with van der Waals surface area (Å²) in [6.45, 7) is 8.21. The number of nitrogens with zero attached hydrogens (tertiary/aromatic N) is 3. The van der Waals surface area contributed by atoms with Crippen molar-refractivity contribution in [2.45, 2.75) is 13.8 Å². The zero-order valence-electron chi connectivity index (χ0n) is 13.7. The van der Waals surface area contributed by atoms with Crippen LogP contribution in [0, 0.1) is 13.8 Å². The lowest BCUT2D eigenvalue weighted by molar-refractivity contribution is 1.14. The maximum absolute atomic E-state index is 5.92. The molecule has 2 aromatic heterocycles. The third-order valence-corrected chi connectivity index (χ3v) is 3.76. The Labute approximate surface area is 141 Å². The normalized spacial score (nSPS) is 10.4. The van der Waals surface area contributed by atoms with E-state index in [4.69, 9.17) is 5.73 Å². The Morgan fingerprint density at radius 1 is 1.08 bits per heavy atom. The molecule has 0 saturated heterocycles. The van der Waals surface area contributed by atoms with E-state index >= 15 is 0 Å². The number of benzene rings is 1. The fourth-order valence-corrected chi connectivity index (χ4v) is 2.47. The number of nitrogens with one attached hydrogen (secondary N) is 1. The Bertz CT molecular complexity index is 902. The van der Waals surface area contributed by atoms with Gasteiger partial charge in [-0.15, -0.1) is 0 Å². The highest BCUT2D eigenvalue weighted by Crippen LogP contribution is 2.25. The van der Waals surface area contributed by atoms with Crippen LogP contribution in [0.2, 0.25) is 0 Å². The molecule has 0 aliphatic carbocycles. The summed E-state index contributed by atoms with van der Waals surface area (Å²) in [7, 11) is 0. The van der Waals surface area contributed by atoms with Crippen LogP contribution >= 0.6 is 0 Å². The van der Waals surface area contributed by atoms with Crippen molar-refractivity contribution >= 4 is 23.0 Å². The molecule has 3 N–H and O–H groups in total. The molecule has 0 aliphatic heterocycles. The number of aryl methyl sites for hydroxylation is 2. The molecule has 5 heteroatoms. The highest BCUT2D eigenvalue weighted by atomic mass is 15.1. The maximum atomic E-state index is 5.92. The zero-order valence-corrected chi connectivity index (χ0v) is 13.7. The molecule has 0 fully saturated rings. The van der Waals surface area contributed by atoms with Gasteiger partial charge < -0.3 is 11.1 Å². The van der Waals surface area contributed by atoms with Gasteiger partial charge >= 0.3 is 0 Å². The topological polar surface area (TPSA) is 76.7 Å². The van der Waals surface area contributed by atoms with Gasteiger partial charge in [0.2, 0.25) is 5.95 Å². The Morgan fingerprint density at radius 2 is 1.92 bits per heavy atom. The van der Waals surface area contributed by atoms with Crippen molar-refractivity contribution in [1.82, 2.24) is 15.0 Å². The first-order valence-electron chi connectivity index (χ1n) is 7.62. The van der Waals surface area contributed by atoms with Crippen LogP contribution in [0.3, 0.4) is 0 Å². The van der Waals surface area contributed by atoms with Gasteiger partial charge in [-0.25, -0.2) is 15.0 Å². The van der Waals surface area contributed by atoms with Crippen molar-refractivity contribution in [2.75, 3.05) is 11.1 Å². The van der Waals surface area contributed by atoms with E-state index in [-0.39, 0.29) is 0 Å². The smallest absolute Gasteiger partial charge is 0.227 e. The van der Waals surface area contributed by atoms with Gasteiger partial charge in [0.15, 0.2) is 0 Å². The Balaban J connectivity index is 1.89. The van der Waals surface area contributed by atoms with Gasteiger partial charge in [0, 0.05) is 29.2 Å². The van der Waals surface area contributed by atoms with Gasteiger partial charge in [-0.2, -0.15) is 0 Å². The Kier molecular flexibility index (Phi) is 4.24. The van der Waals surface area contributed by atoms with Crippen LogP contribution in [-0.4, -0.2) is 15.0 Å². The molecule has 0 amide bonds. The summed E-state index contributed by atoms with van der Waals surface area (Å²) in [5, 5.41) is 3.25. The highest BCUT2D eigenvalue weighted by molar-refractivity contribution is 5.81. The first-order chi connectivity index (χ1) is 11.5. The van der Waals surface area contributed by atoms with E-state index in [1.54, 1.807) is 12.4 Å². The second-order valence-corrected chi connectivity index (χ2v) is 5.62. The molecule has 120 valence electrons. The van der Waals surface area contributed by atoms with E-state index < -0.39 is 0 Å². The number of anilines is 3.